The molecule has 1 aliphatic heterocycles. The van der Waals surface area contributed by atoms with Gasteiger partial charge in [-0.25, -0.2) is 13.1 Å². The second-order valence-corrected chi connectivity index (χ2v) is 5.80. The van der Waals surface area contributed by atoms with Crippen LogP contribution in [0.1, 0.15) is 13.3 Å². The van der Waals surface area contributed by atoms with E-state index >= 15 is 0 Å². The van der Waals surface area contributed by atoms with Crippen LogP contribution >= 0.6 is 0 Å². The third-order valence-electron chi connectivity index (χ3n) is 2.90. The number of hydrogen-bond donors (Lipinski definition) is 3. The number of nitrogens with zero attached hydrogens (tertiary/aromatic N) is 1. The first-order valence-electron chi connectivity index (χ1n) is 5.32. The number of aromatic nitrogens is 2. The first-order chi connectivity index (χ1) is 7.59. The highest BCUT2D eigenvalue weighted by atomic mass is 32.2. The summed E-state index contributed by atoms with van der Waals surface area (Å²) >= 11 is 0. The van der Waals surface area contributed by atoms with Crippen molar-refractivity contribution in [3.05, 3.63) is 12.3 Å². The van der Waals surface area contributed by atoms with Crippen molar-refractivity contribution < 1.29 is 8.42 Å². The van der Waals surface area contributed by atoms with E-state index in [9.17, 15) is 8.42 Å². The minimum absolute atomic E-state index is 0.0537. The maximum absolute atomic E-state index is 11.9. The molecule has 0 spiro atoms. The lowest BCUT2D eigenvalue weighted by atomic mass is 9.96. The van der Waals surface area contributed by atoms with Crippen molar-refractivity contribution in [3.8, 4) is 0 Å². The van der Waals surface area contributed by atoms with Crippen LogP contribution in [0.2, 0.25) is 0 Å². The zero-order valence-electron chi connectivity index (χ0n) is 9.10. The van der Waals surface area contributed by atoms with Gasteiger partial charge in [-0.05, 0) is 24.9 Å². The molecule has 6 nitrogen and oxygen atoms in total. The van der Waals surface area contributed by atoms with Gasteiger partial charge in [0.15, 0.2) is 5.03 Å². The van der Waals surface area contributed by atoms with Crippen LogP contribution in [-0.2, 0) is 10.0 Å². The second-order valence-electron chi connectivity index (χ2n) is 4.12. The molecule has 0 bridgehead atoms. The van der Waals surface area contributed by atoms with Crippen LogP contribution in [0.25, 0.3) is 0 Å². The van der Waals surface area contributed by atoms with Gasteiger partial charge in [0.2, 0.25) is 0 Å². The molecule has 2 atom stereocenters. The topological polar surface area (TPSA) is 86.9 Å². The van der Waals surface area contributed by atoms with Gasteiger partial charge in [0.1, 0.15) is 0 Å². The minimum atomic E-state index is -3.46. The predicted molar refractivity (Wildman–Crippen MR) is 59.3 cm³/mol. The van der Waals surface area contributed by atoms with E-state index in [-0.39, 0.29) is 11.1 Å². The van der Waals surface area contributed by atoms with E-state index in [0.717, 1.165) is 13.0 Å². The Hall–Kier alpha value is -0.920. The van der Waals surface area contributed by atoms with Crippen LogP contribution in [0.15, 0.2) is 17.3 Å². The van der Waals surface area contributed by atoms with Crippen LogP contribution in [0.4, 0.5) is 0 Å². The quantitative estimate of drug-likeness (QED) is 0.680. The maximum Gasteiger partial charge on any atom is 0.257 e. The molecular weight excluding hydrogens is 228 g/mol. The molecule has 1 aromatic rings. The van der Waals surface area contributed by atoms with Gasteiger partial charge in [-0.15, -0.1) is 0 Å². The molecule has 2 heterocycles. The molecular formula is C9H16N4O2S. The largest absolute Gasteiger partial charge is 0.315 e. The molecule has 1 fully saturated rings. The highest BCUT2D eigenvalue weighted by Crippen LogP contribution is 2.14. The van der Waals surface area contributed by atoms with Gasteiger partial charge < -0.3 is 5.32 Å². The molecule has 0 amide bonds. The zero-order valence-corrected chi connectivity index (χ0v) is 9.92. The summed E-state index contributed by atoms with van der Waals surface area (Å²) in [5, 5.41) is 9.40. The monoisotopic (exact) mass is 244 g/mol. The highest BCUT2D eigenvalue weighted by Gasteiger charge is 2.27. The summed E-state index contributed by atoms with van der Waals surface area (Å²) in [6.07, 6.45) is 2.41. The van der Waals surface area contributed by atoms with Crippen molar-refractivity contribution in [2.75, 3.05) is 13.1 Å². The SMILES string of the molecule is CC1CCNCC1NS(=O)(=O)c1ccn[nH]1. The summed E-state index contributed by atoms with van der Waals surface area (Å²) in [6.45, 7) is 3.68. The summed E-state index contributed by atoms with van der Waals surface area (Å²) in [6, 6.07) is 1.39. The molecule has 0 radical (unpaired) electrons. The summed E-state index contributed by atoms with van der Waals surface area (Å²) in [5.41, 5.74) is 0. The van der Waals surface area contributed by atoms with Crippen molar-refractivity contribution in [1.29, 1.82) is 0 Å². The molecule has 2 unspecified atom stereocenters. The summed E-state index contributed by atoms with van der Waals surface area (Å²) in [7, 11) is -3.46. The Kier molecular flexibility index (Phi) is 3.27. The average Bonchev–Trinajstić information content (AvgIpc) is 2.75. The number of aromatic amines is 1. The molecule has 90 valence electrons. The van der Waals surface area contributed by atoms with E-state index in [1.165, 1.54) is 12.3 Å². The van der Waals surface area contributed by atoms with Gasteiger partial charge in [-0.3, -0.25) is 5.10 Å². The van der Waals surface area contributed by atoms with Gasteiger partial charge in [0.25, 0.3) is 10.0 Å². The van der Waals surface area contributed by atoms with Crippen LogP contribution in [0, 0.1) is 5.92 Å². The van der Waals surface area contributed by atoms with Crippen molar-refractivity contribution >= 4 is 10.0 Å². The van der Waals surface area contributed by atoms with Crippen LogP contribution < -0.4 is 10.0 Å². The summed E-state index contributed by atoms with van der Waals surface area (Å²) in [4.78, 5) is 0. The predicted octanol–water partition coefficient (Wildman–Crippen LogP) is -0.314. The molecule has 1 aliphatic rings. The van der Waals surface area contributed by atoms with Gasteiger partial charge in [0.05, 0.1) is 6.20 Å². The smallest absolute Gasteiger partial charge is 0.257 e. The molecule has 1 aromatic heterocycles. The number of sulfonamides is 1. The molecule has 16 heavy (non-hydrogen) atoms. The van der Waals surface area contributed by atoms with E-state index in [1.807, 2.05) is 0 Å². The van der Waals surface area contributed by atoms with E-state index in [1.54, 1.807) is 0 Å². The third-order valence-corrected chi connectivity index (χ3v) is 4.32. The normalized spacial score (nSPS) is 26.8. The van der Waals surface area contributed by atoms with Crippen molar-refractivity contribution in [2.24, 2.45) is 5.92 Å². The van der Waals surface area contributed by atoms with Gasteiger partial charge in [-0.1, -0.05) is 6.92 Å². The Morgan fingerprint density at radius 1 is 1.56 bits per heavy atom. The Morgan fingerprint density at radius 3 is 3.00 bits per heavy atom. The number of piperidine rings is 1. The molecule has 0 saturated carbocycles. The van der Waals surface area contributed by atoms with Gasteiger partial charge >= 0.3 is 0 Å². The second kappa shape index (κ2) is 4.52. The molecule has 0 aromatic carbocycles. The van der Waals surface area contributed by atoms with E-state index in [2.05, 4.69) is 27.2 Å². The van der Waals surface area contributed by atoms with Crippen LogP contribution in [0.3, 0.4) is 0 Å². The van der Waals surface area contributed by atoms with Crippen molar-refractivity contribution in [1.82, 2.24) is 20.2 Å². The Morgan fingerprint density at radius 2 is 2.38 bits per heavy atom. The molecule has 0 aliphatic carbocycles. The summed E-state index contributed by atoms with van der Waals surface area (Å²) < 4.78 is 26.5. The lowest BCUT2D eigenvalue weighted by Crippen LogP contribution is -2.50. The van der Waals surface area contributed by atoms with Gasteiger partial charge in [-0.2, -0.15) is 5.10 Å². The Balaban J connectivity index is 2.09. The maximum atomic E-state index is 11.9. The van der Waals surface area contributed by atoms with E-state index < -0.39 is 10.0 Å². The van der Waals surface area contributed by atoms with Crippen molar-refractivity contribution in [3.63, 3.8) is 0 Å². The lowest BCUT2D eigenvalue weighted by Gasteiger charge is -2.29. The van der Waals surface area contributed by atoms with E-state index in [4.69, 9.17) is 0 Å². The minimum Gasteiger partial charge on any atom is -0.315 e. The fourth-order valence-electron chi connectivity index (χ4n) is 1.80. The number of rotatable bonds is 3. The molecule has 3 N–H and O–H groups in total. The fourth-order valence-corrected chi connectivity index (χ4v) is 3.06. The average molecular weight is 244 g/mol. The zero-order chi connectivity index (χ0) is 11.6. The number of H-pyrrole nitrogens is 1. The highest BCUT2D eigenvalue weighted by molar-refractivity contribution is 7.89. The molecule has 2 rings (SSSR count). The fraction of sp³-hybridized carbons (Fsp3) is 0.667. The molecule has 1 saturated heterocycles. The Labute approximate surface area is 94.9 Å². The number of nitrogens with one attached hydrogen (secondary N) is 3. The van der Waals surface area contributed by atoms with Crippen LogP contribution in [0.5, 0.6) is 0 Å². The summed E-state index contributed by atoms with van der Waals surface area (Å²) in [5.74, 6) is 0.346. The third kappa shape index (κ3) is 2.42. The van der Waals surface area contributed by atoms with E-state index in [0.29, 0.717) is 12.5 Å². The van der Waals surface area contributed by atoms with Gasteiger partial charge in [0, 0.05) is 12.6 Å². The first kappa shape index (κ1) is 11.6. The Bertz CT molecular complexity index is 428. The standard InChI is InChI=1S/C9H16N4O2S/c1-7-2-4-10-6-8(7)13-16(14,15)9-3-5-11-12-9/h3,5,7-8,10,13H,2,4,6H2,1H3,(H,11,12). The first-order valence-corrected chi connectivity index (χ1v) is 6.80. The van der Waals surface area contributed by atoms with Crippen molar-refractivity contribution in [2.45, 2.75) is 24.4 Å². The lowest BCUT2D eigenvalue weighted by molar-refractivity contribution is 0.327. The number of hydrogen-bond acceptors (Lipinski definition) is 4. The van der Waals surface area contributed by atoms with Crippen LogP contribution in [-0.4, -0.2) is 37.7 Å². The molecule has 7 heteroatoms.